The summed E-state index contributed by atoms with van der Waals surface area (Å²) in [4.78, 5) is 11.0. The van der Waals surface area contributed by atoms with E-state index in [1.54, 1.807) is 6.92 Å². The number of carboxylic acids is 1. The highest BCUT2D eigenvalue weighted by Crippen LogP contribution is 2.28. The van der Waals surface area contributed by atoms with Crippen molar-refractivity contribution in [1.29, 1.82) is 0 Å². The standard InChI is InChI=1S/C12H10BrNO5S/c1-7-10(13)4-8(12(15)16)5-11(7)20(17,18)6-9-2-3-14-19-9/h2-5H,6H2,1H3,(H,15,16). The monoisotopic (exact) mass is 359 g/mol. The first-order valence-corrected chi connectivity index (χ1v) is 7.91. The molecule has 0 amide bonds. The number of carboxylic acid groups (broad SMARTS) is 1. The molecule has 106 valence electrons. The molecule has 1 aromatic heterocycles. The zero-order chi connectivity index (χ0) is 14.9. The van der Waals surface area contributed by atoms with Crippen molar-refractivity contribution in [3.05, 3.63) is 45.8 Å². The van der Waals surface area contributed by atoms with Gasteiger partial charge in [0.15, 0.2) is 15.6 Å². The largest absolute Gasteiger partial charge is 0.478 e. The fraction of sp³-hybridized carbons (Fsp3) is 0.167. The molecular formula is C12H10BrNO5S. The van der Waals surface area contributed by atoms with Gasteiger partial charge in [0, 0.05) is 10.5 Å². The average molecular weight is 360 g/mol. The van der Waals surface area contributed by atoms with Gasteiger partial charge in [-0.3, -0.25) is 0 Å². The Morgan fingerprint density at radius 2 is 2.15 bits per heavy atom. The number of nitrogens with zero attached hydrogens (tertiary/aromatic N) is 1. The highest BCUT2D eigenvalue weighted by atomic mass is 79.9. The van der Waals surface area contributed by atoms with Gasteiger partial charge in [-0.15, -0.1) is 0 Å². The summed E-state index contributed by atoms with van der Waals surface area (Å²) in [6, 6.07) is 3.96. The maximum Gasteiger partial charge on any atom is 0.335 e. The van der Waals surface area contributed by atoms with Crippen LogP contribution in [0, 0.1) is 6.92 Å². The molecule has 0 unspecified atom stereocenters. The first-order valence-electron chi connectivity index (χ1n) is 5.47. The second-order valence-corrected chi connectivity index (χ2v) is 6.94. The van der Waals surface area contributed by atoms with Crippen molar-refractivity contribution < 1.29 is 22.8 Å². The summed E-state index contributed by atoms with van der Waals surface area (Å²) in [6.45, 7) is 1.60. The Kier molecular flexibility index (Phi) is 3.96. The van der Waals surface area contributed by atoms with Crippen molar-refractivity contribution >= 4 is 31.7 Å². The maximum atomic E-state index is 12.3. The van der Waals surface area contributed by atoms with Gasteiger partial charge < -0.3 is 9.63 Å². The second kappa shape index (κ2) is 5.37. The topological polar surface area (TPSA) is 97.5 Å². The lowest BCUT2D eigenvalue weighted by molar-refractivity contribution is 0.0696. The summed E-state index contributed by atoms with van der Waals surface area (Å²) in [5, 5.41) is 12.4. The van der Waals surface area contributed by atoms with Gasteiger partial charge in [0.05, 0.1) is 16.7 Å². The Morgan fingerprint density at radius 1 is 1.45 bits per heavy atom. The predicted octanol–water partition coefficient (Wildman–Crippen LogP) is 2.42. The predicted molar refractivity (Wildman–Crippen MR) is 73.2 cm³/mol. The number of aromatic carboxylic acids is 1. The van der Waals surface area contributed by atoms with E-state index in [1.165, 1.54) is 18.3 Å². The number of sulfone groups is 1. The van der Waals surface area contributed by atoms with Crippen molar-refractivity contribution in [3.8, 4) is 0 Å². The zero-order valence-corrected chi connectivity index (χ0v) is 12.7. The first kappa shape index (κ1) is 14.7. The van der Waals surface area contributed by atoms with Crippen LogP contribution in [0.25, 0.3) is 0 Å². The minimum absolute atomic E-state index is 0.0410. The number of hydrogen-bond donors (Lipinski definition) is 1. The highest BCUT2D eigenvalue weighted by molar-refractivity contribution is 9.10. The highest BCUT2D eigenvalue weighted by Gasteiger charge is 2.23. The SMILES string of the molecule is Cc1c(Br)cc(C(=O)O)cc1S(=O)(=O)Cc1ccno1. The Morgan fingerprint density at radius 3 is 2.70 bits per heavy atom. The summed E-state index contributed by atoms with van der Waals surface area (Å²) >= 11 is 3.17. The lowest BCUT2D eigenvalue weighted by Gasteiger charge is -2.09. The van der Waals surface area contributed by atoms with Crippen molar-refractivity contribution in [2.24, 2.45) is 0 Å². The van der Waals surface area contributed by atoms with Crippen LogP contribution in [0.4, 0.5) is 0 Å². The number of aromatic nitrogens is 1. The van der Waals surface area contributed by atoms with Gasteiger partial charge in [-0.2, -0.15) is 0 Å². The molecular weight excluding hydrogens is 350 g/mol. The molecule has 0 spiro atoms. The van der Waals surface area contributed by atoms with Gasteiger partial charge >= 0.3 is 5.97 Å². The second-order valence-electron chi connectivity index (χ2n) is 4.12. The van der Waals surface area contributed by atoms with E-state index in [0.29, 0.717) is 10.0 Å². The molecule has 0 radical (unpaired) electrons. The third kappa shape index (κ3) is 2.91. The molecule has 1 aromatic carbocycles. The van der Waals surface area contributed by atoms with Crippen LogP contribution >= 0.6 is 15.9 Å². The fourth-order valence-corrected chi connectivity index (χ4v) is 3.84. The smallest absolute Gasteiger partial charge is 0.335 e. The molecule has 20 heavy (non-hydrogen) atoms. The van der Waals surface area contributed by atoms with Crippen LogP contribution < -0.4 is 0 Å². The lowest BCUT2D eigenvalue weighted by Crippen LogP contribution is -2.09. The number of rotatable bonds is 4. The van der Waals surface area contributed by atoms with Gasteiger partial charge in [0.25, 0.3) is 0 Å². The van der Waals surface area contributed by atoms with Gasteiger partial charge in [0.2, 0.25) is 0 Å². The molecule has 6 nitrogen and oxygen atoms in total. The molecule has 0 atom stereocenters. The van der Waals surface area contributed by atoms with Crippen LogP contribution in [0.3, 0.4) is 0 Å². The average Bonchev–Trinajstić information content (AvgIpc) is 2.83. The summed E-state index contributed by atoms with van der Waals surface area (Å²) in [7, 11) is -3.72. The molecule has 1 N–H and O–H groups in total. The molecule has 0 bridgehead atoms. The van der Waals surface area contributed by atoms with Crippen molar-refractivity contribution in [2.45, 2.75) is 17.6 Å². The van der Waals surface area contributed by atoms with Gasteiger partial charge in [-0.05, 0) is 24.6 Å². The molecule has 0 saturated heterocycles. The summed E-state index contributed by atoms with van der Waals surface area (Å²) < 4.78 is 29.9. The summed E-state index contributed by atoms with van der Waals surface area (Å²) in [6.07, 6.45) is 1.35. The van der Waals surface area contributed by atoms with E-state index in [4.69, 9.17) is 9.63 Å². The molecule has 2 aromatic rings. The van der Waals surface area contributed by atoms with Crippen LogP contribution in [-0.4, -0.2) is 24.7 Å². The van der Waals surface area contributed by atoms with E-state index in [2.05, 4.69) is 21.1 Å². The number of carbonyl (C=O) groups is 1. The molecule has 0 aliphatic carbocycles. The minimum atomic E-state index is -3.72. The summed E-state index contributed by atoms with van der Waals surface area (Å²) in [5.41, 5.74) is 0.355. The molecule has 0 aliphatic heterocycles. The molecule has 8 heteroatoms. The van der Waals surface area contributed by atoms with E-state index in [0.717, 1.165) is 6.07 Å². The third-order valence-electron chi connectivity index (χ3n) is 2.70. The third-order valence-corrected chi connectivity index (χ3v) is 5.28. The molecule has 0 fully saturated rings. The number of benzene rings is 1. The maximum absolute atomic E-state index is 12.3. The van der Waals surface area contributed by atoms with Crippen molar-refractivity contribution in [1.82, 2.24) is 5.16 Å². The van der Waals surface area contributed by atoms with E-state index in [-0.39, 0.29) is 22.0 Å². The van der Waals surface area contributed by atoms with E-state index < -0.39 is 15.8 Å². The van der Waals surface area contributed by atoms with Gasteiger partial charge in [0.1, 0.15) is 5.75 Å². The van der Waals surface area contributed by atoms with Crippen molar-refractivity contribution in [3.63, 3.8) is 0 Å². The van der Waals surface area contributed by atoms with E-state index in [9.17, 15) is 13.2 Å². The number of hydrogen-bond acceptors (Lipinski definition) is 5. The Bertz CT molecular complexity index is 752. The Labute approximate surface area is 123 Å². The van der Waals surface area contributed by atoms with E-state index in [1.807, 2.05) is 0 Å². The Balaban J connectivity index is 2.53. The minimum Gasteiger partial charge on any atom is -0.478 e. The quantitative estimate of drug-likeness (QED) is 0.899. The van der Waals surface area contributed by atoms with Gasteiger partial charge in [-0.1, -0.05) is 21.1 Å². The lowest BCUT2D eigenvalue weighted by atomic mass is 10.1. The molecule has 1 heterocycles. The normalized spacial score (nSPS) is 11.5. The van der Waals surface area contributed by atoms with E-state index >= 15 is 0 Å². The van der Waals surface area contributed by atoms with Crippen molar-refractivity contribution in [2.75, 3.05) is 0 Å². The zero-order valence-electron chi connectivity index (χ0n) is 10.3. The first-order chi connectivity index (χ1) is 9.31. The van der Waals surface area contributed by atoms with Crippen LogP contribution in [0.5, 0.6) is 0 Å². The fourth-order valence-electron chi connectivity index (χ4n) is 1.68. The number of halogens is 1. The van der Waals surface area contributed by atoms with Crippen LogP contribution in [0.2, 0.25) is 0 Å². The Hall–Kier alpha value is -1.67. The molecule has 2 rings (SSSR count). The summed E-state index contributed by atoms with van der Waals surface area (Å²) in [5.74, 6) is -1.37. The van der Waals surface area contributed by atoms with Crippen LogP contribution in [0.15, 0.2) is 38.3 Å². The van der Waals surface area contributed by atoms with Gasteiger partial charge in [-0.25, -0.2) is 13.2 Å². The van der Waals surface area contributed by atoms with Crippen LogP contribution in [-0.2, 0) is 15.6 Å². The molecule has 0 saturated carbocycles. The molecule has 0 aliphatic rings. The van der Waals surface area contributed by atoms with Crippen LogP contribution in [0.1, 0.15) is 21.7 Å².